The Hall–Kier alpha value is -1.60. The summed E-state index contributed by atoms with van der Waals surface area (Å²) in [6.45, 7) is 8.79. The summed E-state index contributed by atoms with van der Waals surface area (Å²) in [6.07, 6.45) is 1.09. The van der Waals surface area contributed by atoms with Gasteiger partial charge in [-0.3, -0.25) is 0 Å². The molecule has 2 rings (SSSR count). The highest BCUT2D eigenvalue weighted by Gasteiger charge is 2.12. The molecule has 1 atom stereocenters. The topological polar surface area (TPSA) is 12.0 Å². The summed E-state index contributed by atoms with van der Waals surface area (Å²) in [5, 5.41) is 3.62. The third-order valence-corrected chi connectivity index (χ3v) is 3.78. The molecule has 2 aromatic rings. The molecule has 0 amide bonds. The van der Waals surface area contributed by atoms with Crippen molar-refractivity contribution in [1.82, 2.24) is 5.32 Å². The van der Waals surface area contributed by atoms with E-state index in [-0.39, 0.29) is 0 Å². The standard InChI is InChI=1S/C20H27N/c1-16(2)14-21-15-20(19-10-5-4-6-11-19)13-18-9-7-8-17(3)12-18/h4-12,16,20-21H,13-15H2,1-3H3. The highest BCUT2D eigenvalue weighted by Crippen LogP contribution is 2.21. The molecule has 21 heavy (non-hydrogen) atoms. The number of nitrogens with one attached hydrogen (secondary N) is 1. The van der Waals surface area contributed by atoms with Crippen LogP contribution in [0.5, 0.6) is 0 Å². The first kappa shape index (κ1) is 15.8. The third kappa shape index (κ3) is 5.35. The summed E-state index contributed by atoms with van der Waals surface area (Å²) in [7, 11) is 0. The maximum atomic E-state index is 3.62. The largest absolute Gasteiger partial charge is 0.316 e. The molecule has 0 radical (unpaired) electrons. The molecule has 0 saturated carbocycles. The summed E-state index contributed by atoms with van der Waals surface area (Å²) in [5.74, 6) is 1.23. The van der Waals surface area contributed by atoms with E-state index in [0.717, 1.165) is 19.5 Å². The van der Waals surface area contributed by atoms with Crippen molar-refractivity contribution in [1.29, 1.82) is 0 Å². The molecule has 1 heteroatoms. The van der Waals surface area contributed by atoms with Crippen LogP contribution in [0.25, 0.3) is 0 Å². The minimum Gasteiger partial charge on any atom is -0.316 e. The van der Waals surface area contributed by atoms with E-state index in [2.05, 4.69) is 80.7 Å². The average molecular weight is 281 g/mol. The van der Waals surface area contributed by atoms with Crippen LogP contribution in [0.1, 0.15) is 36.5 Å². The minimum atomic E-state index is 0.534. The van der Waals surface area contributed by atoms with Gasteiger partial charge in [-0.15, -0.1) is 0 Å². The SMILES string of the molecule is Cc1cccc(CC(CNCC(C)C)c2ccccc2)c1. The molecule has 1 nitrogen and oxygen atoms in total. The zero-order valence-electron chi connectivity index (χ0n) is 13.5. The minimum absolute atomic E-state index is 0.534. The van der Waals surface area contributed by atoms with Gasteiger partial charge in [0.15, 0.2) is 0 Å². The summed E-state index contributed by atoms with van der Waals surface area (Å²) < 4.78 is 0. The maximum absolute atomic E-state index is 3.62. The monoisotopic (exact) mass is 281 g/mol. The Bertz CT molecular complexity index is 531. The van der Waals surface area contributed by atoms with Gasteiger partial charge in [0.25, 0.3) is 0 Å². The van der Waals surface area contributed by atoms with Crippen molar-refractivity contribution in [3.8, 4) is 0 Å². The molecule has 0 aromatic heterocycles. The van der Waals surface area contributed by atoms with E-state index in [1.807, 2.05) is 0 Å². The Morgan fingerprint density at radius 1 is 0.905 bits per heavy atom. The second-order valence-corrected chi connectivity index (χ2v) is 6.35. The molecule has 1 N–H and O–H groups in total. The van der Waals surface area contributed by atoms with Crippen LogP contribution in [-0.4, -0.2) is 13.1 Å². The lowest BCUT2D eigenvalue weighted by Crippen LogP contribution is -2.26. The van der Waals surface area contributed by atoms with Crippen LogP contribution in [0.2, 0.25) is 0 Å². The molecule has 0 spiro atoms. The van der Waals surface area contributed by atoms with E-state index in [0.29, 0.717) is 11.8 Å². The van der Waals surface area contributed by atoms with Crippen LogP contribution in [0.4, 0.5) is 0 Å². The highest BCUT2D eigenvalue weighted by atomic mass is 14.9. The van der Waals surface area contributed by atoms with Gasteiger partial charge in [0.1, 0.15) is 0 Å². The van der Waals surface area contributed by atoms with Crippen molar-refractivity contribution in [3.05, 3.63) is 71.3 Å². The molecule has 2 aromatic carbocycles. The fraction of sp³-hybridized carbons (Fsp3) is 0.400. The second kappa shape index (κ2) is 7.99. The first-order valence-electron chi connectivity index (χ1n) is 7.96. The lowest BCUT2D eigenvalue weighted by molar-refractivity contribution is 0.514. The number of hydrogen-bond acceptors (Lipinski definition) is 1. The first-order valence-corrected chi connectivity index (χ1v) is 7.96. The Morgan fingerprint density at radius 2 is 1.67 bits per heavy atom. The number of benzene rings is 2. The summed E-state index contributed by atoms with van der Waals surface area (Å²) in [6, 6.07) is 19.7. The van der Waals surface area contributed by atoms with Crippen molar-refractivity contribution in [2.45, 2.75) is 33.1 Å². The van der Waals surface area contributed by atoms with Gasteiger partial charge in [-0.05, 0) is 36.9 Å². The summed E-state index contributed by atoms with van der Waals surface area (Å²) >= 11 is 0. The van der Waals surface area contributed by atoms with Crippen LogP contribution >= 0.6 is 0 Å². The van der Waals surface area contributed by atoms with Crippen molar-refractivity contribution in [3.63, 3.8) is 0 Å². The van der Waals surface area contributed by atoms with Crippen LogP contribution in [-0.2, 0) is 6.42 Å². The molecule has 1 unspecified atom stereocenters. The summed E-state index contributed by atoms with van der Waals surface area (Å²) in [5.41, 5.74) is 4.19. The molecule has 0 aliphatic carbocycles. The van der Waals surface area contributed by atoms with E-state index in [9.17, 15) is 0 Å². The lowest BCUT2D eigenvalue weighted by Gasteiger charge is -2.19. The Morgan fingerprint density at radius 3 is 2.33 bits per heavy atom. The van der Waals surface area contributed by atoms with Gasteiger partial charge < -0.3 is 5.32 Å². The molecular weight excluding hydrogens is 254 g/mol. The number of rotatable bonds is 7. The quantitative estimate of drug-likeness (QED) is 0.784. The molecule has 112 valence electrons. The Labute approximate surface area is 129 Å². The predicted octanol–water partition coefficient (Wildman–Crippen LogP) is 4.57. The Balaban J connectivity index is 2.08. The van der Waals surface area contributed by atoms with Crippen molar-refractivity contribution >= 4 is 0 Å². The number of aryl methyl sites for hydroxylation is 1. The van der Waals surface area contributed by atoms with Gasteiger partial charge in [0.05, 0.1) is 0 Å². The predicted molar refractivity (Wildman–Crippen MR) is 91.8 cm³/mol. The van der Waals surface area contributed by atoms with E-state index < -0.39 is 0 Å². The average Bonchev–Trinajstić information content (AvgIpc) is 2.47. The van der Waals surface area contributed by atoms with Gasteiger partial charge >= 0.3 is 0 Å². The molecular formula is C20H27N. The van der Waals surface area contributed by atoms with Gasteiger partial charge in [0.2, 0.25) is 0 Å². The first-order chi connectivity index (χ1) is 10.1. The zero-order valence-corrected chi connectivity index (χ0v) is 13.5. The third-order valence-electron chi connectivity index (χ3n) is 3.78. The number of hydrogen-bond donors (Lipinski definition) is 1. The van der Waals surface area contributed by atoms with Crippen LogP contribution < -0.4 is 5.32 Å². The molecule has 0 fully saturated rings. The second-order valence-electron chi connectivity index (χ2n) is 6.35. The molecule has 0 bridgehead atoms. The van der Waals surface area contributed by atoms with Crippen molar-refractivity contribution in [2.24, 2.45) is 5.92 Å². The van der Waals surface area contributed by atoms with E-state index in [1.165, 1.54) is 16.7 Å². The smallest absolute Gasteiger partial charge is 0.00234 e. The normalized spacial score (nSPS) is 12.6. The van der Waals surface area contributed by atoms with Crippen LogP contribution in [0, 0.1) is 12.8 Å². The van der Waals surface area contributed by atoms with Gasteiger partial charge in [-0.1, -0.05) is 74.0 Å². The van der Waals surface area contributed by atoms with E-state index in [1.54, 1.807) is 0 Å². The fourth-order valence-electron chi connectivity index (χ4n) is 2.70. The van der Waals surface area contributed by atoms with Gasteiger partial charge in [-0.2, -0.15) is 0 Å². The molecule has 0 saturated heterocycles. The molecule has 0 aliphatic rings. The maximum Gasteiger partial charge on any atom is 0.00234 e. The van der Waals surface area contributed by atoms with Crippen LogP contribution in [0.15, 0.2) is 54.6 Å². The highest BCUT2D eigenvalue weighted by molar-refractivity contribution is 5.27. The zero-order chi connectivity index (χ0) is 15.1. The molecule has 0 heterocycles. The van der Waals surface area contributed by atoms with Gasteiger partial charge in [0, 0.05) is 12.5 Å². The fourth-order valence-corrected chi connectivity index (χ4v) is 2.70. The van der Waals surface area contributed by atoms with E-state index >= 15 is 0 Å². The van der Waals surface area contributed by atoms with Crippen LogP contribution in [0.3, 0.4) is 0 Å². The lowest BCUT2D eigenvalue weighted by atomic mass is 9.91. The van der Waals surface area contributed by atoms with Crippen molar-refractivity contribution in [2.75, 3.05) is 13.1 Å². The van der Waals surface area contributed by atoms with E-state index in [4.69, 9.17) is 0 Å². The summed E-state index contributed by atoms with van der Waals surface area (Å²) in [4.78, 5) is 0. The molecule has 0 aliphatic heterocycles. The van der Waals surface area contributed by atoms with Gasteiger partial charge in [-0.25, -0.2) is 0 Å². The van der Waals surface area contributed by atoms with Crippen molar-refractivity contribution < 1.29 is 0 Å². The Kier molecular flexibility index (Phi) is 6.01.